The first-order chi connectivity index (χ1) is 21.7. The van der Waals surface area contributed by atoms with Gasteiger partial charge in [0.2, 0.25) is 0 Å². The van der Waals surface area contributed by atoms with Crippen LogP contribution in [0, 0.1) is 22.7 Å². The highest BCUT2D eigenvalue weighted by Crippen LogP contribution is 2.51. The Kier molecular flexibility index (Phi) is 7.72. The van der Waals surface area contributed by atoms with Gasteiger partial charge in [0.15, 0.2) is 0 Å². The summed E-state index contributed by atoms with van der Waals surface area (Å²) in [6, 6.07) is 35.6. The first-order valence-corrected chi connectivity index (χ1v) is 16.0. The summed E-state index contributed by atoms with van der Waals surface area (Å²) in [7, 11) is 0. The molecule has 2 aliphatic heterocycles. The average molecular weight is 590 g/mol. The molecule has 0 N–H and O–H groups in total. The third-order valence-corrected chi connectivity index (χ3v) is 9.76. The Bertz CT molecular complexity index is 1890. The molecule has 0 unspecified atom stereocenters. The number of ether oxygens (including phenoxy) is 1. The number of thiophene rings is 1. The van der Waals surface area contributed by atoms with Gasteiger partial charge in [-0.05, 0) is 61.0 Å². The van der Waals surface area contributed by atoms with Crippen LogP contribution in [0.15, 0.2) is 125 Å². The molecule has 5 heteroatoms. The van der Waals surface area contributed by atoms with Crippen molar-refractivity contribution in [3.05, 3.63) is 136 Å². The molecule has 4 aromatic rings. The minimum absolute atomic E-state index is 0.121. The van der Waals surface area contributed by atoms with E-state index in [0.29, 0.717) is 11.3 Å². The van der Waals surface area contributed by atoms with Crippen molar-refractivity contribution in [3.63, 3.8) is 0 Å². The first-order valence-electron chi connectivity index (χ1n) is 15.2. The molecule has 0 radical (unpaired) electrons. The van der Waals surface area contributed by atoms with E-state index in [1.807, 2.05) is 47.7 Å². The third-order valence-electron chi connectivity index (χ3n) is 8.56. The van der Waals surface area contributed by atoms with E-state index in [1.165, 1.54) is 51.4 Å². The zero-order chi connectivity index (χ0) is 29.9. The second-order valence-electron chi connectivity index (χ2n) is 11.3. The molecule has 44 heavy (non-hydrogen) atoms. The number of piperidine rings is 1. The fourth-order valence-corrected chi connectivity index (χ4v) is 7.82. The van der Waals surface area contributed by atoms with Crippen molar-refractivity contribution >= 4 is 28.2 Å². The molecule has 3 heterocycles. The Morgan fingerprint density at radius 1 is 0.727 bits per heavy atom. The van der Waals surface area contributed by atoms with Crippen LogP contribution < -0.4 is 4.90 Å². The van der Waals surface area contributed by atoms with Crippen LogP contribution >= 0.6 is 11.3 Å². The highest BCUT2D eigenvalue weighted by atomic mass is 32.1. The van der Waals surface area contributed by atoms with Crippen molar-refractivity contribution in [2.45, 2.75) is 32.1 Å². The van der Waals surface area contributed by atoms with E-state index in [0.717, 1.165) is 48.4 Å². The molecule has 1 fully saturated rings. The van der Waals surface area contributed by atoms with Crippen molar-refractivity contribution in [2.75, 3.05) is 18.0 Å². The first kappa shape index (κ1) is 27.7. The lowest BCUT2D eigenvalue weighted by Gasteiger charge is -2.28. The third kappa shape index (κ3) is 5.17. The van der Waals surface area contributed by atoms with Gasteiger partial charge in [0.25, 0.3) is 0 Å². The zero-order valence-electron chi connectivity index (χ0n) is 24.4. The van der Waals surface area contributed by atoms with Crippen molar-refractivity contribution in [3.8, 4) is 34.4 Å². The van der Waals surface area contributed by atoms with E-state index in [2.05, 4.69) is 83.8 Å². The standard InChI is InChI=1S/C39H31N3OS/c40-25-31(26-41)33-24-34(27-13-5-1-6-14-27)43-38-30(19-20-32(33)38)23-35-36(28-15-7-2-8-16-28)37(29-17-9-3-10-18-29)39(44-35)42-21-11-4-12-22-42/h1-3,5-10,13-18,23-24H,4,11-12,19-22H2/b30-23+. The molecule has 0 bridgehead atoms. The highest BCUT2D eigenvalue weighted by Gasteiger charge is 2.32. The molecule has 3 aliphatic rings. The van der Waals surface area contributed by atoms with Gasteiger partial charge in [-0.1, -0.05) is 91.0 Å². The number of nitriles is 2. The molecule has 7 rings (SSSR count). The van der Waals surface area contributed by atoms with E-state index in [-0.39, 0.29) is 5.57 Å². The van der Waals surface area contributed by atoms with Crippen LogP contribution in [0.2, 0.25) is 0 Å². The van der Waals surface area contributed by atoms with Crippen molar-refractivity contribution in [1.82, 2.24) is 0 Å². The average Bonchev–Trinajstić information content (AvgIpc) is 3.68. The van der Waals surface area contributed by atoms with E-state index < -0.39 is 0 Å². The van der Waals surface area contributed by atoms with E-state index >= 15 is 0 Å². The van der Waals surface area contributed by atoms with Crippen molar-refractivity contribution < 1.29 is 4.74 Å². The largest absolute Gasteiger partial charge is 0.456 e. The number of benzene rings is 3. The lowest BCUT2D eigenvalue weighted by atomic mass is 9.94. The number of hydrogen-bond donors (Lipinski definition) is 0. The summed E-state index contributed by atoms with van der Waals surface area (Å²) in [4.78, 5) is 3.77. The molecule has 0 spiro atoms. The van der Waals surface area contributed by atoms with E-state index in [9.17, 15) is 10.5 Å². The molecule has 0 amide bonds. The van der Waals surface area contributed by atoms with Crippen LogP contribution in [0.1, 0.15) is 42.5 Å². The molecule has 214 valence electrons. The molecule has 4 nitrogen and oxygen atoms in total. The van der Waals surface area contributed by atoms with Gasteiger partial charge in [0.05, 0.1) is 0 Å². The van der Waals surface area contributed by atoms with Gasteiger partial charge in [-0.2, -0.15) is 10.5 Å². The maximum atomic E-state index is 9.84. The van der Waals surface area contributed by atoms with Gasteiger partial charge in [-0.3, -0.25) is 0 Å². The molecule has 1 saturated heterocycles. The normalized spacial score (nSPS) is 17.0. The second kappa shape index (κ2) is 12.3. The minimum atomic E-state index is 0.121. The minimum Gasteiger partial charge on any atom is -0.456 e. The Morgan fingerprint density at radius 2 is 1.32 bits per heavy atom. The van der Waals surface area contributed by atoms with Gasteiger partial charge in [-0.15, -0.1) is 11.3 Å². The Labute approximate surface area is 262 Å². The molecule has 1 aromatic heterocycles. The quantitative estimate of drug-likeness (QED) is 0.217. The SMILES string of the molecule is N#CC(C#N)=C1C=C(c2ccccc2)OC2=C1CC/C2=C\c1sc(N2CCCCC2)c(-c2ccccc2)c1-c1ccccc1. The predicted molar refractivity (Wildman–Crippen MR) is 179 cm³/mol. The maximum Gasteiger partial charge on any atom is 0.137 e. The van der Waals surface area contributed by atoms with Crippen LogP contribution in [-0.2, 0) is 4.74 Å². The van der Waals surface area contributed by atoms with Gasteiger partial charge in [0.1, 0.15) is 34.2 Å². The number of rotatable bonds is 5. The number of anilines is 1. The molecular formula is C39H31N3OS. The molecular weight excluding hydrogens is 559 g/mol. The Balaban J connectivity index is 1.43. The zero-order valence-corrected chi connectivity index (χ0v) is 25.2. The number of nitrogens with zero attached hydrogens (tertiary/aromatic N) is 3. The number of hydrogen-bond acceptors (Lipinski definition) is 5. The molecule has 0 atom stereocenters. The summed E-state index contributed by atoms with van der Waals surface area (Å²) < 4.78 is 6.65. The summed E-state index contributed by atoms with van der Waals surface area (Å²) >= 11 is 1.86. The summed E-state index contributed by atoms with van der Waals surface area (Å²) in [6.45, 7) is 2.13. The fraction of sp³-hybridized carbons (Fsp3) is 0.179. The second-order valence-corrected chi connectivity index (χ2v) is 12.3. The lowest BCUT2D eigenvalue weighted by Crippen LogP contribution is -2.28. The van der Waals surface area contributed by atoms with Crippen LogP contribution in [0.3, 0.4) is 0 Å². The molecule has 3 aromatic carbocycles. The Hall–Kier alpha value is -5.10. The lowest BCUT2D eigenvalue weighted by molar-refractivity contribution is 0.388. The highest BCUT2D eigenvalue weighted by molar-refractivity contribution is 7.18. The van der Waals surface area contributed by atoms with Crippen LogP contribution in [-0.4, -0.2) is 13.1 Å². The van der Waals surface area contributed by atoms with Crippen molar-refractivity contribution in [1.29, 1.82) is 10.5 Å². The maximum absolute atomic E-state index is 9.84. The predicted octanol–water partition coefficient (Wildman–Crippen LogP) is 9.92. The fourth-order valence-electron chi connectivity index (χ4n) is 6.45. The van der Waals surface area contributed by atoms with Gasteiger partial charge < -0.3 is 9.64 Å². The van der Waals surface area contributed by atoms with Crippen molar-refractivity contribution in [2.24, 2.45) is 0 Å². The topological polar surface area (TPSA) is 60.1 Å². The van der Waals surface area contributed by atoms with Gasteiger partial charge in [0, 0.05) is 45.8 Å². The van der Waals surface area contributed by atoms with Crippen LogP contribution in [0.25, 0.3) is 34.1 Å². The molecule has 0 saturated carbocycles. The van der Waals surface area contributed by atoms with E-state index in [1.54, 1.807) is 0 Å². The monoisotopic (exact) mass is 589 g/mol. The summed E-state index contributed by atoms with van der Waals surface area (Å²) in [5.74, 6) is 1.43. The van der Waals surface area contributed by atoms with Crippen LogP contribution in [0.4, 0.5) is 5.00 Å². The van der Waals surface area contributed by atoms with Gasteiger partial charge >= 0.3 is 0 Å². The number of allylic oxidation sites excluding steroid dienone is 5. The van der Waals surface area contributed by atoms with E-state index in [4.69, 9.17) is 4.74 Å². The summed E-state index contributed by atoms with van der Waals surface area (Å²) in [6.07, 6.45) is 9.35. The summed E-state index contributed by atoms with van der Waals surface area (Å²) in [5, 5.41) is 21.0. The van der Waals surface area contributed by atoms with Crippen LogP contribution in [0.5, 0.6) is 0 Å². The Morgan fingerprint density at radius 3 is 1.93 bits per heavy atom. The smallest absolute Gasteiger partial charge is 0.137 e. The summed E-state index contributed by atoms with van der Waals surface area (Å²) in [5.41, 5.74) is 8.68. The molecule has 1 aliphatic carbocycles. The van der Waals surface area contributed by atoms with Gasteiger partial charge in [-0.25, -0.2) is 0 Å².